The van der Waals surface area contributed by atoms with Gasteiger partial charge in [0.15, 0.2) is 0 Å². The molecular weight excluding hydrogens is 451 g/mol. The SMILES string of the molecule is C=C/C=C(\C=C)B(OC(C)(CCCCCC)CCCCCC)OC(C)(CCCCCC)CCCCCC. The largest absolute Gasteiger partial charge is 0.494 e. The molecule has 216 valence electrons. The summed E-state index contributed by atoms with van der Waals surface area (Å²) in [6.45, 7) is 21.9. The number of hydrogen-bond acceptors (Lipinski definition) is 2. The maximum atomic E-state index is 7.05. The first-order valence-corrected chi connectivity index (χ1v) is 16.1. The Morgan fingerprint density at radius 2 is 0.892 bits per heavy atom. The van der Waals surface area contributed by atoms with Gasteiger partial charge in [0.2, 0.25) is 0 Å². The highest BCUT2D eigenvalue weighted by Gasteiger charge is 2.38. The molecule has 0 rings (SSSR count). The van der Waals surface area contributed by atoms with E-state index >= 15 is 0 Å². The minimum absolute atomic E-state index is 0.194. The van der Waals surface area contributed by atoms with E-state index in [1.165, 1.54) is 103 Å². The lowest BCUT2D eigenvalue weighted by Gasteiger charge is -2.39. The van der Waals surface area contributed by atoms with E-state index in [9.17, 15) is 0 Å². The summed E-state index contributed by atoms with van der Waals surface area (Å²) in [6, 6.07) is 0. The molecule has 0 N–H and O–H groups in total. The lowest BCUT2D eigenvalue weighted by molar-refractivity contribution is -0.0143. The first-order valence-electron chi connectivity index (χ1n) is 16.1. The molecule has 2 nitrogen and oxygen atoms in total. The van der Waals surface area contributed by atoms with E-state index < -0.39 is 7.12 Å². The van der Waals surface area contributed by atoms with Gasteiger partial charge in [-0.3, -0.25) is 0 Å². The predicted molar refractivity (Wildman–Crippen MR) is 168 cm³/mol. The molecule has 0 aliphatic carbocycles. The van der Waals surface area contributed by atoms with Gasteiger partial charge in [-0.2, -0.15) is 0 Å². The van der Waals surface area contributed by atoms with Crippen LogP contribution in [-0.4, -0.2) is 18.3 Å². The quantitative estimate of drug-likeness (QED) is 0.0614. The number of unbranched alkanes of at least 4 members (excludes halogenated alkanes) is 12. The molecule has 0 heterocycles. The monoisotopic (exact) mass is 517 g/mol. The van der Waals surface area contributed by atoms with E-state index in [1.54, 1.807) is 0 Å². The normalized spacial score (nSPS) is 12.6. The van der Waals surface area contributed by atoms with Crippen molar-refractivity contribution in [1.82, 2.24) is 0 Å². The summed E-state index contributed by atoms with van der Waals surface area (Å²) in [5.41, 5.74) is 0.610. The van der Waals surface area contributed by atoms with E-state index in [4.69, 9.17) is 9.31 Å². The maximum absolute atomic E-state index is 7.05. The molecule has 0 aliphatic rings. The molecule has 0 saturated heterocycles. The number of allylic oxidation sites excluding steroid dienone is 4. The molecule has 0 bridgehead atoms. The average Bonchev–Trinajstić information content (AvgIpc) is 2.88. The zero-order valence-electron chi connectivity index (χ0n) is 26.2. The Morgan fingerprint density at radius 3 is 1.14 bits per heavy atom. The molecule has 0 aromatic heterocycles. The first-order chi connectivity index (χ1) is 17.8. The molecule has 0 atom stereocenters. The summed E-state index contributed by atoms with van der Waals surface area (Å²) in [5, 5.41) is 0. The zero-order valence-corrected chi connectivity index (χ0v) is 26.2. The van der Waals surface area contributed by atoms with E-state index in [2.05, 4.69) is 54.7 Å². The van der Waals surface area contributed by atoms with Crippen LogP contribution in [0.4, 0.5) is 0 Å². The predicted octanol–water partition coefficient (Wildman–Crippen LogP) is 11.7. The third kappa shape index (κ3) is 18.2. The number of hydrogen-bond donors (Lipinski definition) is 0. The molecule has 37 heavy (non-hydrogen) atoms. The fraction of sp³-hybridized carbons (Fsp3) is 0.824. The van der Waals surface area contributed by atoms with Crippen LogP contribution in [0.1, 0.15) is 170 Å². The minimum Gasteiger partial charge on any atom is -0.402 e. The third-order valence-electron chi connectivity index (χ3n) is 7.84. The third-order valence-corrected chi connectivity index (χ3v) is 7.84. The van der Waals surface area contributed by atoms with Crippen molar-refractivity contribution in [1.29, 1.82) is 0 Å². The van der Waals surface area contributed by atoms with Crippen LogP contribution in [-0.2, 0) is 9.31 Å². The van der Waals surface area contributed by atoms with Crippen LogP contribution in [0.15, 0.2) is 36.9 Å². The van der Waals surface area contributed by atoms with Gasteiger partial charge in [0.25, 0.3) is 0 Å². The molecular formula is C34H65BO2. The fourth-order valence-electron chi connectivity index (χ4n) is 5.24. The van der Waals surface area contributed by atoms with Crippen molar-refractivity contribution in [3.8, 4) is 0 Å². The van der Waals surface area contributed by atoms with Crippen molar-refractivity contribution < 1.29 is 9.31 Å². The Hall–Kier alpha value is -0.795. The van der Waals surface area contributed by atoms with Crippen LogP contribution in [0.5, 0.6) is 0 Å². The Kier molecular flexibility index (Phi) is 22.6. The molecule has 0 fully saturated rings. The van der Waals surface area contributed by atoms with Crippen molar-refractivity contribution in [3.63, 3.8) is 0 Å². The molecule has 3 heteroatoms. The summed E-state index contributed by atoms with van der Waals surface area (Å²) >= 11 is 0. The molecule has 0 spiro atoms. The van der Waals surface area contributed by atoms with Crippen molar-refractivity contribution >= 4 is 7.12 Å². The number of rotatable bonds is 27. The van der Waals surface area contributed by atoms with Gasteiger partial charge in [0, 0.05) is 0 Å². The lowest BCUT2D eigenvalue weighted by atomic mass is 9.73. The van der Waals surface area contributed by atoms with Gasteiger partial charge in [-0.1, -0.05) is 162 Å². The molecule has 0 saturated carbocycles. The maximum Gasteiger partial charge on any atom is 0.494 e. The highest BCUT2D eigenvalue weighted by molar-refractivity contribution is 6.55. The average molecular weight is 517 g/mol. The van der Waals surface area contributed by atoms with Gasteiger partial charge < -0.3 is 9.31 Å². The topological polar surface area (TPSA) is 18.5 Å². The van der Waals surface area contributed by atoms with Crippen LogP contribution in [0.3, 0.4) is 0 Å². The standard InChI is InChI=1S/C34H65BO2/c1-9-15-19-23-28-33(7,29-24-20-16-10-2)36-35(32(14-6)27-13-5)37-34(8,30-25-21-17-11-3)31-26-22-18-12-4/h13-14,27H,5-6,9-12,15-26,28-31H2,1-4,7-8H3/b32-27+. The highest BCUT2D eigenvalue weighted by Crippen LogP contribution is 2.34. The van der Waals surface area contributed by atoms with Gasteiger partial charge >= 0.3 is 7.12 Å². The van der Waals surface area contributed by atoms with Crippen molar-refractivity contribution in [2.75, 3.05) is 0 Å². The summed E-state index contributed by atoms with van der Waals surface area (Å²) < 4.78 is 14.1. The summed E-state index contributed by atoms with van der Waals surface area (Å²) in [7, 11) is -0.403. The van der Waals surface area contributed by atoms with E-state index in [-0.39, 0.29) is 11.2 Å². The zero-order chi connectivity index (χ0) is 27.8. The fourth-order valence-corrected chi connectivity index (χ4v) is 5.24. The van der Waals surface area contributed by atoms with E-state index in [0.717, 1.165) is 31.2 Å². The molecule has 0 amide bonds. The molecule has 0 aliphatic heterocycles. The second-order valence-corrected chi connectivity index (χ2v) is 11.8. The van der Waals surface area contributed by atoms with Crippen molar-refractivity contribution in [3.05, 3.63) is 36.9 Å². The minimum atomic E-state index is -0.403. The Labute approximate surface area is 234 Å². The second-order valence-electron chi connectivity index (χ2n) is 11.8. The Morgan fingerprint density at radius 1 is 0.568 bits per heavy atom. The lowest BCUT2D eigenvalue weighted by Crippen LogP contribution is -2.45. The summed E-state index contributed by atoms with van der Waals surface area (Å²) in [6.07, 6.45) is 30.3. The van der Waals surface area contributed by atoms with Crippen LogP contribution < -0.4 is 0 Å². The molecule has 0 aromatic carbocycles. The van der Waals surface area contributed by atoms with Crippen molar-refractivity contribution in [2.24, 2.45) is 0 Å². The smallest absolute Gasteiger partial charge is 0.402 e. The van der Waals surface area contributed by atoms with Crippen LogP contribution in [0, 0.1) is 0 Å². The Balaban J connectivity index is 5.84. The van der Waals surface area contributed by atoms with E-state index in [1.807, 2.05) is 18.2 Å². The first kappa shape index (κ1) is 36.2. The highest BCUT2D eigenvalue weighted by atomic mass is 16.6. The molecule has 0 radical (unpaired) electrons. The van der Waals surface area contributed by atoms with Gasteiger partial charge in [-0.25, -0.2) is 0 Å². The summed E-state index contributed by atoms with van der Waals surface area (Å²) in [5.74, 6) is 0. The Bertz CT molecular complexity index is 522. The van der Waals surface area contributed by atoms with Gasteiger partial charge in [-0.15, -0.1) is 0 Å². The van der Waals surface area contributed by atoms with Crippen LogP contribution in [0.25, 0.3) is 0 Å². The van der Waals surface area contributed by atoms with Crippen molar-refractivity contribution in [2.45, 2.75) is 181 Å². The van der Waals surface area contributed by atoms with E-state index in [0.29, 0.717) is 0 Å². The molecule has 0 aromatic rings. The summed E-state index contributed by atoms with van der Waals surface area (Å²) in [4.78, 5) is 0. The molecule has 0 unspecified atom stereocenters. The second kappa shape index (κ2) is 23.1. The van der Waals surface area contributed by atoms with Gasteiger partial charge in [-0.05, 0) is 45.0 Å². The van der Waals surface area contributed by atoms with Gasteiger partial charge in [0.1, 0.15) is 0 Å². The van der Waals surface area contributed by atoms with Crippen LogP contribution >= 0.6 is 0 Å². The van der Waals surface area contributed by atoms with Gasteiger partial charge in [0.05, 0.1) is 11.2 Å². The van der Waals surface area contributed by atoms with Crippen LogP contribution in [0.2, 0.25) is 0 Å².